The van der Waals surface area contributed by atoms with E-state index in [2.05, 4.69) is 14.7 Å². The standard InChI is InChI=1S/C16H16F2N4O3S/c1-10-20-13-3-2-11(26(23,24)22-16(9-19)5-6-16)8-12(13)15(21-10)25-7-4-14(17)18/h2-3,8,14,22H,4-7H2,1H3. The predicted molar refractivity (Wildman–Crippen MR) is 88.3 cm³/mol. The number of nitrogens with zero attached hydrogens (tertiary/aromatic N) is 3. The van der Waals surface area contributed by atoms with Crippen LogP contribution >= 0.6 is 0 Å². The maximum absolute atomic E-state index is 12.5. The van der Waals surface area contributed by atoms with Crippen molar-refractivity contribution in [2.75, 3.05) is 6.61 Å². The van der Waals surface area contributed by atoms with Crippen molar-refractivity contribution in [2.24, 2.45) is 0 Å². The van der Waals surface area contributed by atoms with Gasteiger partial charge >= 0.3 is 0 Å². The van der Waals surface area contributed by atoms with E-state index < -0.39 is 28.4 Å². The minimum absolute atomic E-state index is 0.0478. The van der Waals surface area contributed by atoms with Crippen LogP contribution in [0.15, 0.2) is 23.1 Å². The molecule has 0 radical (unpaired) electrons. The molecular weight excluding hydrogens is 366 g/mol. The van der Waals surface area contributed by atoms with E-state index in [1.807, 2.05) is 6.07 Å². The van der Waals surface area contributed by atoms with Crippen molar-refractivity contribution >= 4 is 20.9 Å². The molecule has 1 fully saturated rings. The van der Waals surface area contributed by atoms with Crippen LogP contribution < -0.4 is 9.46 Å². The van der Waals surface area contributed by atoms with Gasteiger partial charge in [0.2, 0.25) is 22.3 Å². The van der Waals surface area contributed by atoms with E-state index in [0.717, 1.165) is 0 Å². The molecule has 138 valence electrons. The number of sulfonamides is 1. The predicted octanol–water partition coefficient (Wildman–Crippen LogP) is 2.31. The monoisotopic (exact) mass is 382 g/mol. The van der Waals surface area contributed by atoms with E-state index in [1.165, 1.54) is 18.2 Å². The first kappa shape index (κ1) is 18.4. The summed E-state index contributed by atoms with van der Waals surface area (Å²) in [4.78, 5) is 8.21. The Bertz CT molecular complexity index is 985. The van der Waals surface area contributed by atoms with E-state index in [4.69, 9.17) is 10.00 Å². The average molecular weight is 382 g/mol. The lowest BCUT2D eigenvalue weighted by Crippen LogP contribution is -2.35. The second-order valence-corrected chi connectivity index (χ2v) is 7.76. The molecule has 0 atom stereocenters. The molecule has 1 N–H and O–H groups in total. The van der Waals surface area contributed by atoms with Gasteiger partial charge in [0.1, 0.15) is 11.4 Å². The number of ether oxygens (including phenoxy) is 1. The molecule has 1 aliphatic carbocycles. The first-order chi connectivity index (χ1) is 12.2. The number of hydrogen-bond donors (Lipinski definition) is 1. The molecule has 1 saturated carbocycles. The van der Waals surface area contributed by atoms with Crippen LogP contribution in [-0.4, -0.2) is 37.0 Å². The maximum atomic E-state index is 12.5. The minimum Gasteiger partial charge on any atom is -0.477 e. The summed E-state index contributed by atoms with van der Waals surface area (Å²) < 4.78 is 57.4. The van der Waals surface area contributed by atoms with Gasteiger partial charge < -0.3 is 4.74 Å². The van der Waals surface area contributed by atoms with Gasteiger partial charge in [0.25, 0.3) is 0 Å². The number of nitrogens with one attached hydrogen (secondary N) is 1. The molecule has 0 bridgehead atoms. The van der Waals surface area contributed by atoms with E-state index in [9.17, 15) is 17.2 Å². The number of rotatable bonds is 7. The minimum atomic E-state index is -3.92. The lowest BCUT2D eigenvalue weighted by molar-refractivity contribution is 0.113. The van der Waals surface area contributed by atoms with Crippen molar-refractivity contribution in [2.45, 2.75) is 43.0 Å². The van der Waals surface area contributed by atoms with Crippen LogP contribution in [0, 0.1) is 18.3 Å². The number of benzene rings is 1. The maximum Gasteiger partial charge on any atom is 0.241 e. The largest absolute Gasteiger partial charge is 0.477 e. The summed E-state index contributed by atoms with van der Waals surface area (Å²) >= 11 is 0. The number of halogens is 2. The summed E-state index contributed by atoms with van der Waals surface area (Å²) in [5, 5.41) is 9.38. The highest BCUT2D eigenvalue weighted by Crippen LogP contribution is 2.36. The zero-order valence-corrected chi connectivity index (χ0v) is 14.7. The fourth-order valence-electron chi connectivity index (χ4n) is 2.39. The molecule has 0 spiro atoms. The van der Waals surface area contributed by atoms with Crippen molar-refractivity contribution in [1.82, 2.24) is 14.7 Å². The van der Waals surface area contributed by atoms with Crippen molar-refractivity contribution in [3.8, 4) is 11.9 Å². The number of fused-ring (bicyclic) bond motifs is 1. The summed E-state index contributed by atoms with van der Waals surface area (Å²) in [6.45, 7) is 1.37. The number of hydrogen-bond acceptors (Lipinski definition) is 6. The van der Waals surface area contributed by atoms with Gasteiger partial charge in [-0.05, 0) is 38.0 Å². The first-order valence-corrected chi connectivity index (χ1v) is 9.38. The van der Waals surface area contributed by atoms with E-state index >= 15 is 0 Å². The van der Waals surface area contributed by atoms with Gasteiger partial charge in [-0.2, -0.15) is 15.0 Å². The van der Waals surface area contributed by atoms with Gasteiger partial charge in [-0.25, -0.2) is 22.2 Å². The number of aryl methyl sites for hydroxylation is 1. The van der Waals surface area contributed by atoms with Crippen LogP contribution in [0.3, 0.4) is 0 Å². The average Bonchev–Trinajstić information content (AvgIpc) is 3.33. The van der Waals surface area contributed by atoms with Gasteiger partial charge in [-0.15, -0.1) is 0 Å². The zero-order valence-electron chi connectivity index (χ0n) is 13.9. The van der Waals surface area contributed by atoms with Gasteiger partial charge in [0.05, 0.1) is 28.5 Å². The Labute approximate surface area is 149 Å². The third kappa shape index (κ3) is 3.89. The number of alkyl halides is 2. The summed E-state index contributed by atoms with van der Waals surface area (Å²) in [6.07, 6.45) is -2.05. The molecule has 2 aromatic rings. The molecule has 0 amide bonds. The van der Waals surface area contributed by atoms with E-state index in [1.54, 1.807) is 6.92 Å². The molecular formula is C16H16F2N4O3S. The highest BCUT2D eigenvalue weighted by atomic mass is 32.2. The highest BCUT2D eigenvalue weighted by Gasteiger charge is 2.46. The Balaban J connectivity index is 1.96. The molecule has 0 unspecified atom stereocenters. The van der Waals surface area contributed by atoms with Crippen LogP contribution in [0.25, 0.3) is 10.9 Å². The summed E-state index contributed by atoms with van der Waals surface area (Å²) in [6, 6.07) is 6.14. The van der Waals surface area contributed by atoms with Crippen molar-refractivity contribution in [3.63, 3.8) is 0 Å². The van der Waals surface area contributed by atoms with E-state index in [0.29, 0.717) is 29.6 Å². The molecule has 10 heteroatoms. The second kappa shape index (κ2) is 6.74. The highest BCUT2D eigenvalue weighted by molar-refractivity contribution is 7.89. The SMILES string of the molecule is Cc1nc(OCCC(F)F)c2cc(S(=O)(=O)NC3(C#N)CC3)ccc2n1. The van der Waals surface area contributed by atoms with Crippen LogP contribution in [0.1, 0.15) is 25.1 Å². The topological polar surface area (TPSA) is 105 Å². The quantitative estimate of drug-likeness (QED) is 0.788. The molecule has 0 saturated heterocycles. The fourth-order valence-corrected chi connectivity index (χ4v) is 3.79. The van der Waals surface area contributed by atoms with Gasteiger partial charge in [0.15, 0.2) is 0 Å². The smallest absolute Gasteiger partial charge is 0.241 e. The molecule has 1 aliphatic rings. The molecule has 1 heterocycles. The fraction of sp³-hybridized carbons (Fsp3) is 0.438. The Morgan fingerprint density at radius 1 is 1.38 bits per heavy atom. The summed E-state index contributed by atoms with van der Waals surface area (Å²) in [7, 11) is -3.92. The Kier molecular flexibility index (Phi) is 4.77. The van der Waals surface area contributed by atoms with Gasteiger partial charge in [0, 0.05) is 6.42 Å². The molecule has 26 heavy (non-hydrogen) atoms. The third-order valence-electron chi connectivity index (χ3n) is 3.92. The molecule has 0 aliphatic heterocycles. The molecule has 7 nitrogen and oxygen atoms in total. The summed E-state index contributed by atoms with van der Waals surface area (Å²) in [5.41, 5.74) is -0.612. The van der Waals surface area contributed by atoms with Crippen LogP contribution in [0.5, 0.6) is 5.88 Å². The van der Waals surface area contributed by atoms with E-state index in [-0.39, 0.29) is 17.4 Å². The normalized spacial score (nSPS) is 15.8. The lowest BCUT2D eigenvalue weighted by Gasteiger charge is -2.12. The molecule has 1 aromatic heterocycles. The van der Waals surface area contributed by atoms with Gasteiger partial charge in [-0.1, -0.05) is 0 Å². The zero-order chi connectivity index (χ0) is 18.9. The van der Waals surface area contributed by atoms with Crippen molar-refractivity contribution < 1.29 is 21.9 Å². The summed E-state index contributed by atoms with van der Waals surface area (Å²) in [5.74, 6) is 0.423. The molecule has 1 aromatic carbocycles. The van der Waals surface area contributed by atoms with Crippen molar-refractivity contribution in [3.05, 3.63) is 24.0 Å². The van der Waals surface area contributed by atoms with Gasteiger partial charge in [-0.3, -0.25) is 0 Å². The lowest BCUT2D eigenvalue weighted by atomic mass is 10.2. The second-order valence-electron chi connectivity index (χ2n) is 6.08. The van der Waals surface area contributed by atoms with Crippen LogP contribution in [0.4, 0.5) is 8.78 Å². The Hall–Kier alpha value is -2.38. The number of aromatic nitrogens is 2. The Morgan fingerprint density at radius 3 is 2.73 bits per heavy atom. The third-order valence-corrected chi connectivity index (χ3v) is 5.46. The number of nitriles is 1. The van der Waals surface area contributed by atoms with Crippen molar-refractivity contribution in [1.29, 1.82) is 5.26 Å². The van der Waals surface area contributed by atoms with Crippen LogP contribution in [0.2, 0.25) is 0 Å². The Morgan fingerprint density at radius 2 is 2.12 bits per heavy atom. The molecule has 3 rings (SSSR count). The first-order valence-electron chi connectivity index (χ1n) is 7.89. The van der Waals surface area contributed by atoms with Crippen LogP contribution in [-0.2, 0) is 10.0 Å².